The lowest BCUT2D eigenvalue weighted by atomic mass is 9.85. The third-order valence-corrected chi connectivity index (χ3v) is 5.81. The van der Waals surface area contributed by atoms with Crippen LogP contribution in [-0.2, 0) is 0 Å². The number of halogens is 1. The summed E-state index contributed by atoms with van der Waals surface area (Å²) in [4.78, 5) is -0.179. The van der Waals surface area contributed by atoms with Crippen LogP contribution >= 0.6 is 11.6 Å². The Bertz CT molecular complexity index is 242. The number of rotatable bonds is 17. The summed E-state index contributed by atoms with van der Waals surface area (Å²) in [6.07, 6.45) is 19.4. The molecular weight excluding hydrogens is 304 g/mol. The van der Waals surface area contributed by atoms with Gasteiger partial charge in [-0.25, -0.2) is 0 Å². The molecular formula is C21H42ClO. The van der Waals surface area contributed by atoms with Gasteiger partial charge >= 0.3 is 0 Å². The Kier molecular flexibility index (Phi) is 15.9. The van der Waals surface area contributed by atoms with Crippen LogP contribution in [0.3, 0.4) is 0 Å². The van der Waals surface area contributed by atoms with E-state index in [1.165, 1.54) is 83.0 Å². The van der Waals surface area contributed by atoms with Gasteiger partial charge in [0, 0.05) is 6.61 Å². The third-order valence-electron chi connectivity index (χ3n) is 5.05. The second kappa shape index (κ2) is 15.8. The van der Waals surface area contributed by atoms with E-state index in [-0.39, 0.29) is 11.5 Å². The second-order valence-electron chi connectivity index (χ2n) is 7.43. The van der Waals surface area contributed by atoms with Gasteiger partial charge in [-0.2, -0.15) is 0 Å². The highest BCUT2D eigenvalue weighted by atomic mass is 35.5. The monoisotopic (exact) mass is 345 g/mol. The topological polar surface area (TPSA) is 20.2 Å². The Morgan fingerprint density at radius 3 is 1.48 bits per heavy atom. The zero-order chi connectivity index (χ0) is 17.4. The molecule has 0 fully saturated rings. The lowest BCUT2D eigenvalue weighted by Gasteiger charge is -2.31. The molecule has 0 aromatic heterocycles. The normalized spacial score (nSPS) is 14.3. The van der Waals surface area contributed by atoms with Gasteiger partial charge in [-0.1, -0.05) is 97.8 Å². The number of aliphatic hydroxyl groups excluding tert-OH is 1. The minimum Gasteiger partial charge on any atom is -0.396 e. The molecule has 0 aliphatic rings. The molecule has 0 saturated heterocycles. The standard InChI is InChI=1S/C21H42ClO/c1-4-5-6-7-8-9-10-11-12-13-14-15-17-21(22,20(2)3)18-16-19-23/h23H,4-19H2,1-3H3. The summed E-state index contributed by atoms with van der Waals surface area (Å²) in [7, 11) is 0. The molecule has 0 saturated carbocycles. The maximum absolute atomic E-state index is 9.02. The van der Waals surface area contributed by atoms with Crippen molar-refractivity contribution in [2.75, 3.05) is 6.61 Å². The first-order valence-electron chi connectivity index (χ1n) is 10.2. The summed E-state index contributed by atoms with van der Waals surface area (Å²) in [6, 6.07) is 0. The SMILES string of the molecule is CCCCCCCCCCCCCCC(Cl)(CCCO)[C](C)C. The molecule has 1 nitrogen and oxygen atoms in total. The Hall–Kier alpha value is 0.250. The van der Waals surface area contributed by atoms with E-state index in [0.717, 1.165) is 19.3 Å². The Morgan fingerprint density at radius 2 is 1.09 bits per heavy atom. The predicted molar refractivity (Wildman–Crippen MR) is 105 cm³/mol. The summed E-state index contributed by atoms with van der Waals surface area (Å²) >= 11 is 6.74. The zero-order valence-corrected chi connectivity index (χ0v) is 16.9. The Labute approximate surface area is 151 Å². The molecule has 0 aliphatic carbocycles. The summed E-state index contributed by atoms with van der Waals surface area (Å²) in [5.41, 5.74) is 0. The number of aliphatic hydroxyl groups is 1. The van der Waals surface area contributed by atoms with Crippen LogP contribution in [0, 0.1) is 5.92 Å². The average Bonchev–Trinajstić information content (AvgIpc) is 2.53. The van der Waals surface area contributed by atoms with Gasteiger partial charge in [0.25, 0.3) is 0 Å². The van der Waals surface area contributed by atoms with Crippen LogP contribution in [-0.4, -0.2) is 16.6 Å². The van der Waals surface area contributed by atoms with Crippen molar-refractivity contribution in [1.29, 1.82) is 0 Å². The first-order valence-corrected chi connectivity index (χ1v) is 10.5. The molecule has 2 heteroatoms. The van der Waals surface area contributed by atoms with Crippen LogP contribution < -0.4 is 0 Å². The molecule has 0 bridgehead atoms. The molecule has 0 amide bonds. The first kappa shape index (κ1) is 23.2. The molecule has 1 N–H and O–H groups in total. The first-order chi connectivity index (χ1) is 11.1. The van der Waals surface area contributed by atoms with Crippen molar-refractivity contribution in [3.05, 3.63) is 5.92 Å². The lowest BCUT2D eigenvalue weighted by molar-refractivity contribution is 0.273. The minimum atomic E-state index is -0.179. The molecule has 0 spiro atoms. The lowest BCUT2D eigenvalue weighted by Crippen LogP contribution is -2.27. The quantitative estimate of drug-likeness (QED) is 0.214. The van der Waals surface area contributed by atoms with E-state index in [9.17, 15) is 0 Å². The van der Waals surface area contributed by atoms with E-state index in [1.54, 1.807) is 0 Å². The van der Waals surface area contributed by atoms with Crippen LogP contribution in [0.2, 0.25) is 0 Å². The fourth-order valence-electron chi connectivity index (χ4n) is 3.23. The zero-order valence-electron chi connectivity index (χ0n) is 16.1. The minimum absolute atomic E-state index is 0.179. The van der Waals surface area contributed by atoms with Crippen molar-refractivity contribution in [1.82, 2.24) is 0 Å². The van der Waals surface area contributed by atoms with Crippen molar-refractivity contribution in [3.63, 3.8) is 0 Å². The third kappa shape index (κ3) is 13.2. The molecule has 0 aromatic rings. The summed E-state index contributed by atoms with van der Waals surface area (Å²) in [5.74, 6) is 1.30. The Balaban J connectivity index is 3.46. The molecule has 23 heavy (non-hydrogen) atoms. The van der Waals surface area contributed by atoms with Crippen LogP contribution in [0.5, 0.6) is 0 Å². The second-order valence-corrected chi connectivity index (χ2v) is 8.16. The van der Waals surface area contributed by atoms with Gasteiger partial charge in [-0.15, -0.1) is 11.6 Å². The van der Waals surface area contributed by atoms with E-state index >= 15 is 0 Å². The molecule has 0 heterocycles. The fraction of sp³-hybridized carbons (Fsp3) is 0.952. The number of hydrogen-bond acceptors (Lipinski definition) is 1. The Morgan fingerprint density at radius 1 is 0.696 bits per heavy atom. The van der Waals surface area contributed by atoms with Gasteiger partial charge in [0.2, 0.25) is 0 Å². The van der Waals surface area contributed by atoms with Gasteiger partial charge in [-0.05, 0) is 25.2 Å². The van der Waals surface area contributed by atoms with Crippen molar-refractivity contribution in [2.24, 2.45) is 0 Å². The largest absolute Gasteiger partial charge is 0.396 e. The van der Waals surface area contributed by atoms with E-state index in [4.69, 9.17) is 16.7 Å². The van der Waals surface area contributed by atoms with Gasteiger partial charge in [0.15, 0.2) is 0 Å². The molecule has 0 rings (SSSR count). The van der Waals surface area contributed by atoms with Gasteiger partial charge < -0.3 is 5.11 Å². The van der Waals surface area contributed by atoms with E-state index in [0.29, 0.717) is 0 Å². The average molecular weight is 346 g/mol. The van der Waals surface area contributed by atoms with Crippen molar-refractivity contribution >= 4 is 11.6 Å². The molecule has 0 aromatic carbocycles. The summed E-state index contributed by atoms with van der Waals surface area (Å²) in [6.45, 7) is 6.79. The highest BCUT2D eigenvalue weighted by Gasteiger charge is 2.30. The summed E-state index contributed by atoms with van der Waals surface area (Å²) < 4.78 is 0. The summed E-state index contributed by atoms with van der Waals surface area (Å²) in [5, 5.41) is 9.02. The van der Waals surface area contributed by atoms with Crippen LogP contribution in [0.25, 0.3) is 0 Å². The van der Waals surface area contributed by atoms with Gasteiger partial charge in [-0.3, -0.25) is 0 Å². The fourth-order valence-corrected chi connectivity index (χ4v) is 3.50. The highest BCUT2D eigenvalue weighted by Crippen LogP contribution is 2.37. The van der Waals surface area contributed by atoms with Crippen molar-refractivity contribution in [2.45, 2.75) is 122 Å². The molecule has 1 radical (unpaired) electrons. The van der Waals surface area contributed by atoms with Gasteiger partial charge in [0.1, 0.15) is 0 Å². The smallest absolute Gasteiger partial charge is 0.0504 e. The van der Waals surface area contributed by atoms with E-state index in [1.807, 2.05) is 0 Å². The van der Waals surface area contributed by atoms with Crippen LogP contribution in [0.4, 0.5) is 0 Å². The maximum atomic E-state index is 9.02. The molecule has 1 atom stereocenters. The highest BCUT2D eigenvalue weighted by molar-refractivity contribution is 6.25. The van der Waals surface area contributed by atoms with E-state index in [2.05, 4.69) is 20.8 Å². The van der Waals surface area contributed by atoms with E-state index < -0.39 is 0 Å². The predicted octanol–water partition coefficient (Wildman–Crippen LogP) is 7.44. The number of hydrogen-bond donors (Lipinski definition) is 1. The molecule has 139 valence electrons. The van der Waals surface area contributed by atoms with Crippen molar-refractivity contribution < 1.29 is 5.11 Å². The van der Waals surface area contributed by atoms with Crippen LogP contribution in [0.15, 0.2) is 0 Å². The maximum Gasteiger partial charge on any atom is 0.0504 e. The number of alkyl halides is 1. The molecule has 0 aliphatic heterocycles. The van der Waals surface area contributed by atoms with Crippen LogP contribution in [0.1, 0.15) is 117 Å². The molecule has 1 unspecified atom stereocenters. The number of unbranched alkanes of at least 4 members (excludes halogenated alkanes) is 11. The van der Waals surface area contributed by atoms with Gasteiger partial charge in [0.05, 0.1) is 4.87 Å². The van der Waals surface area contributed by atoms with Crippen molar-refractivity contribution in [3.8, 4) is 0 Å².